The molecule has 0 aliphatic carbocycles. The molecule has 2 radical (unpaired) electrons. The summed E-state index contributed by atoms with van der Waals surface area (Å²) in [4.78, 5) is 0. The Morgan fingerprint density at radius 3 is 1.90 bits per heavy atom. The zero-order valence-electron chi connectivity index (χ0n) is 11.6. The van der Waals surface area contributed by atoms with Crippen molar-refractivity contribution in [3.8, 4) is 6.07 Å². The van der Waals surface area contributed by atoms with Crippen molar-refractivity contribution in [3.05, 3.63) is 34.0 Å². The standard InChI is InChI=1S/C13H12BN3O3/c1-6-8(3)16-19-11(6)10(5-15)13(18-14)12-7(2)9(4)17-20-12/h1-4H3. The molecule has 2 heterocycles. The van der Waals surface area contributed by atoms with Crippen molar-refractivity contribution >= 4 is 19.4 Å². The van der Waals surface area contributed by atoms with E-state index in [0.29, 0.717) is 22.9 Å². The van der Waals surface area contributed by atoms with Crippen molar-refractivity contribution in [2.24, 2.45) is 0 Å². The largest absolute Gasteiger partial charge is 0.564 e. The van der Waals surface area contributed by atoms with E-state index in [1.165, 1.54) is 0 Å². The minimum Gasteiger partial charge on any atom is -0.564 e. The van der Waals surface area contributed by atoms with Crippen LogP contribution >= 0.6 is 0 Å². The van der Waals surface area contributed by atoms with Gasteiger partial charge in [-0.15, -0.1) is 0 Å². The summed E-state index contributed by atoms with van der Waals surface area (Å²) < 4.78 is 15.2. The quantitative estimate of drug-likeness (QED) is 0.483. The number of allylic oxidation sites excluding steroid dienone is 1. The van der Waals surface area contributed by atoms with Crippen LogP contribution in [0.25, 0.3) is 11.3 Å². The molecule has 7 heteroatoms. The van der Waals surface area contributed by atoms with Crippen LogP contribution in [0, 0.1) is 39.0 Å². The van der Waals surface area contributed by atoms with Crippen LogP contribution in [-0.2, 0) is 4.65 Å². The molecule has 0 saturated carbocycles. The van der Waals surface area contributed by atoms with Gasteiger partial charge in [-0.05, 0) is 27.7 Å². The molecule has 0 bridgehead atoms. The Labute approximate surface area is 117 Å². The summed E-state index contributed by atoms with van der Waals surface area (Å²) in [7, 11) is 5.29. The van der Waals surface area contributed by atoms with E-state index >= 15 is 0 Å². The molecule has 0 amide bonds. The van der Waals surface area contributed by atoms with Crippen LogP contribution in [0.2, 0.25) is 0 Å². The van der Waals surface area contributed by atoms with Crippen LogP contribution in [-0.4, -0.2) is 18.4 Å². The maximum absolute atomic E-state index is 9.38. The predicted molar refractivity (Wildman–Crippen MR) is 71.2 cm³/mol. The molecule has 20 heavy (non-hydrogen) atoms. The van der Waals surface area contributed by atoms with Gasteiger partial charge in [0.1, 0.15) is 11.6 Å². The number of hydrogen-bond acceptors (Lipinski definition) is 6. The highest BCUT2D eigenvalue weighted by Gasteiger charge is 2.24. The molecule has 0 atom stereocenters. The van der Waals surface area contributed by atoms with E-state index in [0.717, 1.165) is 11.1 Å². The minimum absolute atomic E-state index is 0.0739. The maximum Gasteiger partial charge on any atom is 0.374 e. The van der Waals surface area contributed by atoms with Gasteiger partial charge >= 0.3 is 8.05 Å². The summed E-state index contributed by atoms with van der Waals surface area (Å²) in [6, 6.07) is 2.01. The molecular weight excluding hydrogens is 257 g/mol. The summed E-state index contributed by atoms with van der Waals surface area (Å²) in [5.41, 5.74) is 2.98. The third-order valence-corrected chi connectivity index (χ3v) is 3.20. The van der Waals surface area contributed by atoms with Crippen molar-refractivity contribution in [1.82, 2.24) is 10.3 Å². The van der Waals surface area contributed by atoms with Gasteiger partial charge in [-0.2, -0.15) is 5.26 Å². The van der Waals surface area contributed by atoms with Crippen LogP contribution in [0.3, 0.4) is 0 Å². The molecule has 2 aromatic heterocycles. The summed E-state index contributed by atoms with van der Waals surface area (Å²) >= 11 is 0. The Morgan fingerprint density at radius 1 is 1.05 bits per heavy atom. The lowest BCUT2D eigenvalue weighted by atomic mass is 10.0. The monoisotopic (exact) mass is 269 g/mol. The molecular formula is C13H12BN3O3. The van der Waals surface area contributed by atoms with Gasteiger partial charge in [0.25, 0.3) is 0 Å². The molecule has 0 fully saturated rings. The van der Waals surface area contributed by atoms with E-state index < -0.39 is 0 Å². The lowest BCUT2D eigenvalue weighted by Gasteiger charge is -2.06. The van der Waals surface area contributed by atoms with Gasteiger partial charge < -0.3 is 13.7 Å². The Hall–Kier alpha value is -2.49. The number of nitriles is 1. The number of hydrogen-bond donors (Lipinski definition) is 0. The van der Waals surface area contributed by atoms with Gasteiger partial charge in [0.2, 0.25) is 5.76 Å². The fraction of sp³-hybridized carbons (Fsp3) is 0.308. The average molecular weight is 269 g/mol. The normalized spacial score (nSPS) is 11.9. The lowest BCUT2D eigenvalue weighted by molar-refractivity contribution is 0.384. The van der Waals surface area contributed by atoms with Crippen molar-refractivity contribution < 1.29 is 13.7 Å². The molecule has 0 N–H and O–H groups in total. The molecule has 100 valence electrons. The van der Waals surface area contributed by atoms with Gasteiger partial charge in [0.05, 0.1) is 11.4 Å². The Balaban J connectivity index is 2.70. The first-order valence-corrected chi connectivity index (χ1v) is 5.88. The third-order valence-electron chi connectivity index (χ3n) is 3.20. The third kappa shape index (κ3) is 2.09. The lowest BCUT2D eigenvalue weighted by Crippen LogP contribution is -1.95. The highest BCUT2D eigenvalue weighted by Crippen LogP contribution is 2.31. The second-order valence-corrected chi connectivity index (χ2v) is 4.38. The van der Waals surface area contributed by atoms with Crippen LogP contribution in [0.5, 0.6) is 0 Å². The van der Waals surface area contributed by atoms with Crippen LogP contribution in [0.4, 0.5) is 0 Å². The van der Waals surface area contributed by atoms with E-state index in [4.69, 9.17) is 21.7 Å². The summed E-state index contributed by atoms with van der Waals surface area (Å²) in [6.45, 7) is 7.16. The van der Waals surface area contributed by atoms with Crippen molar-refractivity contribution in [3.63, 3.8) is 0 Å². The number of rotatable bonds is 3. The number of nitrogens with zero attached hydrogens (tertiary/aromatic N) is 3. The van der Waals surface area contributed by atoms with E-state index in [9.17, 15) is 5.26 Å². The van der Waals surface area contributed by atoms with Gasteiger partial charge in [0, 0.05) is 11.1 Å². The molecule has 2 aromatic rings. The van der Waals surface area contributed by atoms with Crippen molar-refractivity contribution in [2.75, 3.05) is 0 Å². The zero-order valence-corrected chi connectivity index (χ0v) is 11.6. The van der Waals surface area contributed by atoms with Crippen molar-refractivity contribution in [2.45, 2.75) is 27.7 Å². The zero-order chi connectivity index (χ0) is 14.9. The smallest absolute Gasteiger partial charge is 0.374 e. The predicted octanol–water partition coefficient (Wildman–Crippen LogP) is 2.39. The SMILES string of the molecule is [B]OC(=C(C#N)c1onc(C)c1C)c1onc(C)c1C. The van der Waals surface area contributed by atoms with Crippen LogP contribution < -0.4 is 0 Å². The molecule has 6 nitrogen and oxygen atoms in total. The Morgan fingerprint density at radius 2 is 1.55 bits per heavy atom. The second kappa shape index (κ2) is 5.25. The highest BCUT2D eigenvalue weighted by molar-refractivity contribution is 6.06. The first kappa shape index (κ1) is 13.9. The maximum atomic E-state index is 9.38. The Bertz CT molecular complexity index is 722. The van der Waals surface area contributed by atoms with Gasteiger partial charge in [-0.25, -0.2) is 0 Å². The van der Waals surface area contributed by atoms with Gasteiger partial charge in [-0.3, -0.25) is 0 Å². The van der Waals surface area contributed by atoms with E-state index in [-0.39, 0.29) is 11.3 Å². The molecule has 0 aliphatic heterocycles. The van der Waals surface area contributed by atoms with Crippen LogP contribution in [0.1, 0.15) is 34.0 Å². The molecule has 0 unspecified atom stereocenters. The molecule has 0 aromatic carbocycles. The Kier molecular flexibility index (Phi) is 3.66. The average Bonchev–Trinajstić information content (AvgIpc) is 2.93. The first-order valence-electron chi connectivity index (χ1n) is 5.88. The summed E-state index contributed by atoms with van der Waals surface area (Å²) in [5.74, 6) is 0.679. The first-order chi connectivity index (χ1) is 9.51. The molecule has 0 aliphatic rings. The van der Waals surface area contributed by atoms with Gasteiger partial charge in [0.15, 0.2) is 11.5 Å². The molecule has 2 rings (SSSR count). The van der Waals surface area contributed by atoms with E-state index in [2.05, 4.69) is 10.3 Å². The summed E-state index contributed by atoms with van der Waals surface area (Å²) in [6.07, 6.45) is 0. The van der Waals surface area contributed by atoms with E-state index in [1.807, 2.05) is 6.07 Å². The fourth-order valence-electron chi connectivity index (χ4n) is 1.71. The molecule has 0 spiro atoms. The molecule has 0 saturated heterocycles. The topological polar surface area (TPSA) is 85.1 Å². The number of aromatic nitrogens is 2. The fourth-order valence-corrected chi connectivity index (χ4v) is 1.71. The van der Waals surface area contributed by atoms with Crippen molar-refractivity contribution in [1.29, 1.82) is 5.26 Å². The highest BCUT2D eigenvalue weighted by atomic mass is 16.5. The second-order valence-electron chi connectivity index (χ2n) is 4.38. The van der Waals surface area contributed by atoms with Gasteiger partial charge in [-0.1, -0.05) is 10.3 Å². The minimum atomic E-state index is 0.0739. The van der Waals surface area contributed by atoms with E-state index in [1.54, 1.807) is 27.7 Å². The van der Waals surface area contributed by atoms with Crippen LogP contribution in [0.15, 0.2) is 9.05 Å². The number of aryl methyl sites for hydroxylation is 2. The summed E-state index contributed by atoms with van der Waals surface area (Å²) in [5, 5.41) is 17.0.